The normalized spacial score (nSPS) is 9.28. The minimum atomic E-state index is 0.681. The Labute approximate surface area is 116 Å². The highest BCUT2D eigenvalue weighted by Crippen LogP contribution is 2.19. The number of hydrogen-bond acceptors (Lipinski definition) is 3. The lowest BCUT2D eigenvalue weighted by Gasteiger charge is -2.00. The second kappa shape index (κ2) is 6.91. The van der Waals surface area contributed by atoms with Crippen LogP contribution in [-0.4, -0.2) is 7.11 Å². The van der Waals surface area contributed by atoms with Gasteiger partial charge < -0.3 is 16.2 Å². The van der Waals surface area contributed by atoms with E-state index in [2.05, 4.69) is 15.9 Å². The first kappa shape index (κ1) is 14.4. The fourth-order valence-corrected chi connectivity index (χ4v) is 1.79. The largest absolute Gasteiger partial charge is 0.495 e. The number of methoxy groups -OCH3 is 1. The summed E-state index contributed by atoms with van der Waals surface area (Å²) in [5.41, 5.74) is 13.7. The van der Waals surface area contributed by atoms with Crippen molar-refractivity contribution in [2.75, 3.05) is 18.6 Å². The zero-order valence-corrected chi connectivity index (χ0v) is 12.1. The fourth-order valence-electron chi connectivity index (χ4n) is 1.30. The molecule has 0 heterocycles. The molecular formula is C14H17BrN2O. The summed E-state index contributed by atoms with van der Waals surface area (Å²) in [4.78, 5) is 0. The molecule has 18 heavy (non-hydrogen) atoms. The van der Waals surface area contributed by atoms with Gasteiger partial charge in [0.15, 0.2) is 0 Å². The predicted octanol–water partition coefficient (Wildman–Crippen LogP) is 3.62. The molecule has 0 fully saturated rings. The van der Waals surface area contributed by atoms with Crippen LogP contribution < -0.4 is 16.2 Å². The second-order valence-corrected chi connectivity index (χ2v) is 4.62. The number of anilines is 2. The number of hydrogen-bond donors (Lipinski definition) is 2. The Morgan fingerprint density at radius 3 is 2.11 bits per heavy atom. The van der Waals surface area contributed by atoms with Gasteiger partial charge in [0, 0.05) is 10.2 Å². The van der Waals surface area contributed by atoms with Crippen LogP contribution in [0.2, 0.25) is 0 Å². The molecule has 0 amide bonds. The van der Waals surface area contributed by atoms with Crippen LogP contribution in [0.25, 0.3) is 0 Å². The van der Waals surface area contributed by atoms with Gasteiger partial charge in [-0.15, -0.1) is 0 Å². The van der Waals surface area contributed by atoms with Crippen molar-refractivity contribution < 1.29 is 4.74 Å². The van der Waals surface area contributed by atoms with Gasteiger partial charge in [-0.05, 0) is 52.7 Å². The topological polar surface area (TPSA) is 61.3 Å². The van der Waals surface area contributed by atoms with Crippen molar-refractivity contribution in [3.05, 3.63) is 52.5 Å². The Bertz CT molecular complexity index is 515. The maximum Gasteiger partial charge on any atom is 0.141 e. The summed E-state index contributed by atoms with van der Waals surface area (Å²) in [7, 11) is 1.60. The summed E-state index contributed by atoms with van der Waals surface area (Å²) in [6, 6.07) is 13.3. The summed E-state index contributed by atoms with van der Waals surface area (Å²) in [6.45, 7) is 2.03. The molecule has 0 atom stereocenters. The maximum absolute atomic E-state index is 5.54. The highest BCUT2D eigenvalue weighted by molar-refractivity contribution is 9.10. The third-order valence-electron chi connectivity index (χ3n) is 2.29. The van der Waals surface area contributed by atoms with Crippen molar-refractivity contribution in [1.82, 2.24) is 0 Å². The van der Waals surface area contributed by atoms with Crippen LogP contribution in [0.3, 0.4) is 0 Å². The summed E-state index contributed by atoms with van der Waals surface area (Å²) < 4.78 is 5.89. The standard InChI is InChI=1S/C7H8BrN.C7H9NO/c1-5-2-3-7(9)6(8)4-5;1-9-7-5-3-2-4-6(7)8/h2-4H,9H2,1H3;2-5H,8H2,1H3. The van der Waals surface area contributed by atoms with E-state index in [4.69, 9.17) is 16.2 Å². The lowest BCUT2D eigenvalue weighted by Crippen LogP contribution is -1.89. The molecule has 0 bridgehead atoms. The first-order chi connectivity index (χ1) is 8.54. The first-order valence-electron chi connectivity index (χ1n) is 5.44. The molecule has 3 nitrogen and oxygen atoms in total. The number of benzene rings is 2. The smallest absolute Gasteiger partial charge is 0.141 e. The molecule has 4 heteroatoms. The van der Waals surface area contributed by atoms with Crippen LogP contribution in [0.15, 0.2) is 46.9 Å². The Balaban J connectivity index is 0.000000180. The van der Waals surface area contributed by atoms with Crippen LogP contribution >= 0.6 is 15.9 Å². The average molecular weight is 309 g/mol. The molecule has 4 N–H and O–H groups in total. The van der Waals surface area contributed by atoms with Gasteiger partial charge in [-0.1, -0.05) is 18.2 Å². The molecule has 2 aromatic carbocycles. The molecule has 96 valence electrons. The third kappa shape index (κ3) is 4.30. The lowest BCUT2D eigenvalue weighted by molar-refractivity contribution is 0.417. The molecule has 0 unspecified atom stereocenters. The number of ether oxygens (including phenoxy) is 1. The molecular weight excluding hydrogens is 292 g/mol. The summed E-state index contributed by atoms with van der Waals surface area (Å²) >= 11 is 3.32. The van der Waals surface area contributed by atoms with Crippen molar-refractivity contribution >= 4 is 27.3 Å². The Morgan fingerprint density at radius 1 is 1.00 bits per heavy atom. The molecule has 0 aliphatic carbocycles. The van der Waals surface area contributed by atoms with Gasteiger partial charge in [-0.3, -0.25) is 0 Å². The maximum atomic E-state index is 5.54. The van der Waals surface area contributed by atoms with E-state index in [0.717, 1.165) is 15.9 Å². The van der Waals surface area contributed by atoms with Gasteiger partial charge in [0.05, 0.1) is 12.8 Å². The number of nitrogens with two attached hydrogens (primary N) is 2. The first-order valence-corrected chi connectivity index (χ1v) is 6.24. The lowest BCUT2D eigenvalue weighted by atomic mass is 10.2. The molecule has 2 aromatic rings. The van der Waals surface area contributed by atoms with Gasteiger partial charge in [-0.25, -0.2) is 0 Å². The number of halogens is 1. The second-order valence-electron chi connectivity index (χ2n) is 3.77. The van der Waals surface area contributed by atoms with E-state index in [1.54, 1.807) is 13.2 Å². The monoisotopic (exact) mass is 308 g/mol. The van der Waals surface area contributed by atoms with E-state index in [1.165, 1.54) is 5.56 Å². The zero-order chi connectivity index (χ0) is 13.5. The van der Waals surface area contributed by atoms with E-state index in [1.807, 2.05) is 43.3 Å². The van der Waals surface area contributed by atoms with E-state index >= 15 is 0 Å². The van der Waals surface area contributed by atoms with Gasteiger partial charge >= 0.3 is 0 Å². The Hall–Kier alpha value is -1.68. The zero-order valence-electron chi connectivity index (χ0n) is 10.5. The highest BCUT2D eigenvalue weighted by Gasteiger charge is 1.92. The van der Waals surface area contributed by atoms with Crippen molar-refractivity contribution in [2.45, 2.75) is 6.92 Å². The molecule has 0 aliphatic heterocycles. The van der Waals surface area contributed by atoms with E-state index in [0.29, 0.717) is 5.69 Å². The van der Waals surface area contributed by atoms with E-state index in [-0.39, 0.29) is 0 Å². The molecule has 0 saturated carbocycles. The van der Waals surface area contributed by atoms with Gasteiger partial charge in [0.25, 0.3) is 0 Å². The molecule has 0 aromatic heterocycles. The van der Waals surface area contributed by atoms with Crippen molar-refractivity contribution in [3.8, 4) is 5.75 Å². The van der Waals surface area contributed by atoms with Crippen LogP contribution in [0.5, 0.6) is 5.75 Å². The van der Waals surface area contributed by atoms with Crippen molar-refractivity contribution in [3.63, 3.8) is 0 Å². The minimum Gasteiger partial charge on any atom is -0.495 e. The molecule has 0 spiro atoms. The number of aryl methyl sites for hydroxylation is 1. The highest BCUT2D eigenvalue weighted by atomic mass is 79.9. The van der Waals surface area contributed by atoms with Gasteiger partial charge in [-0.2, -0.15) is 0 Å². The van der Waals surface area contributed by atoms with Crippen LogP contribution in [0.1, 0.15) is 5.56 Å². The molecule has 2 rings (SSSR count). The van der Waals surface area contributed by atoms with Crippen LogP contribution in [0.4, 0.5) is 11.4 Å². The number of rotatable bonds is 1. The SMILES string of the molecule is COc1ccccc1N.Cc1ccc(N)c(Br)c1. The van der Waals surface area contributed by atoms with Crippen molar-refractivity contribution in [1.29, 1.82) is 0 Å². The van der Waals surface area contributed by atoms with Gasteiger partial charge in [0.2, 0.25) is 0 Å². The fraction of sp³-hybridized carbons (Fsp3) is 0.143. The van der Waals surface area contributed by atoms with E-state index < -0.39 is 0 Å². The Morgan fingerprint density at radius 2 is 1.67 bits per heavy atom. The van der Waals surface area contributed by atoms with E-state index in [9.17, 15) is 0 Å². The summed E-state index contributed by atoms with van der Waals surface area (Å²) in [6.07, 6.45) is 0. The average Bonchev–Trinajstić information content (AvgIpc) is 2.36. The third-order valence-corrected chi connectivity index (χ3v) is 2.98. The predicted molar refractivity (Wildman–Crippen MR) is 80.7 cm³/mol. The number of nitrogen functional groups attached to an aromatic ring is 2. The molecule has 0 aliphatic rings. The molecule has 0 saturated heterocycles. The van der Waals surface area contributed by atoms with Crippen molar-refractivity contribution in [2.24, 2.45) is 0 Å². The summed E-state index contributed by atoms with van der Waals surface area (Å²) in [5, 5.41) is 0. The summed E-state index contributed by atoms with van der Waals surface area (Å²) in [5.74, 6) is 0.734. The minimum absolute atomic E-state index is 0.681. The molecule has 0 radical (unpaired) electrons. The number of para-hydroxylation sites is 2. The van der Waals surface area contributed by atoms with Crippen LogP contribution in [0, 0.1) is 6.92 Å². The van der Waals surface area contributed by atoms with Gasteiger partial charge in [0.1, 0.15) is 5.75 Å². The quantitative estimate of drug-likeness (QED) is 0.791. The van der Waals surface area contributed by atoms with Crippen LogP contribution in [-0.2, 0) is 0 Å². The Kier molecular flexibility index (Phi) is 5.52.